The van der Waals surface area contributed by atoms with Gasteiger partial charge in [-0.1, -0.05) is 0 Å². The number of rotatable bonds is 2. The highest BCUT2D eigenvalue weighted by Crippen LogP contribution is 2.40. The normalized spacial score (nSPS) is 17.4. The van der Waals surface area contributed by atoms with Crippen LogP contribution in [0, 0.1) is 11.6 Å². The molecule has 0 spiro atoms. The maximum absolute atomic E-state index is 13.5. The monoisotopic (exact) mass is 293 g/mol. The molecule has 1 amide bonds. The summed E-state index contributed by atoms with van der Waals surface area (Å²) in [7, 11) is 0. The van der Waals surface area contributed by atoms with Gasteiger partial charge in [0.25, 0.3) is 0 Å². The van der Waals surface area contributed by atoms with E-state index in [0.29, 0.717) is 6.41 Å². The molecule has 1 saturated heterocycles. The number of piperidine rings is 1. The van der Waals surface area contributed by atoms with Crippen molar-refractivity contribution in [2.75, 3.05) is 13.1 Å². The lowest BCUT2D eigenvalue weighted by molar-refractivity contribution is -0.141. The lowest BCUT2D eigenvalue weighted by Crippen LogP contribution is -2.32. The van der Waals surface area contributed by atoms with Crippen molar-refractivity contribution in [2.45, 2.75) is 24.9 Å². The minimum absolute atomic E-state index is 0.243. The van der Waals surface area contributed by atoms with E-state index in [4.69, 9.17) is 0 Å². The van der Waals surface area contributed by atoms with Crippen molar-refractivity contribution in [3.63, 3.8) is 0 Å². The predicted molar refractivity (Wildman–Crippen MR) is 61.0 cm³/mol. The first kappa shape index (κ1) is 14.7. The molecule has 0 atom stereocenters. The van der Waals surface area contributed by atoms with Crippen LogP contribution in [0.1, 0.15) is 29.9 Å². The van der Waals surface area contributed by atoms with Crippen LogP contribution in [0.25, 0.3) is 0 Å². The zero-order chi connectivity index (χ0) is 14.9. The number of benzene rings is 1. The van der Waals surface area contributed by atoms with Gasteiger partial charge >= 0.3 is 6.18 Å². The molecule has 0 bridgehead atoms. The van der Waals surface area contributed by atoms with Crippen molar-refractivity contribution < 1.29 is 26.7 Å². The van der Waals surface area contributed by atoms with Crippen LogP contribution < -0.4 is 0 Å². The Morgan fingerprint density at radius 1 is 1.15 bits per heavy atom. The number of hydrogen-bond donors (Lipinski definition) is 0. The average molecular weight is 293 g/mol. The van der Waals surface area contributed by atoms with Crippen LogP contribution in [0.4, 0.5) is 22.0 Å². The Labute approximate surface area is 112 Å². The zero-order valence-corrected chi connectivity index (χ0v) is 10.4. The van der Waals surface area contributed by atoms with E-state index in [-0.39, 0.29) is 37.6 Å². The van der Waals surface area contributed by atoms with Crippen LogP contribution in [0.2, 0.25) is 0 Å². The highest BCUT2D eigenvalue weighted by molar-refractivity contribution is 5.47. The average Bonchev–Trinajstić information content (AvgIpc) is 2.36. The molecule has 0 radical (unpaired) electrons. The fourth-order valence-electron chi connectivity index (χ4n) is 2.53. The lowest BCUT2D eigenvalue weighted by atomic mass is 9.86. The van der Waals surface area contributed by atoms with Gasteiger partial charge in [-0.15, -0.1) is 0 Å². The number of alkyl halides is 3. The first-order valence-corrected chi connectivity index (χ1v) is 6.08. The number of likely N-dealkylation sites (tertiary alicyclic amines) is 1. The minimum Gasteiger partial charge on any atom is -0.345 e. The highest BCUT2D eigenvalue weighted by atomic mass is 19.4. The van der Waals surface area contributed by atoms with Crippen molar-refractivity contribution in [2.24, 2.45) is 0 Å². The van der Waals surface area contributed by atoms with Crippen LogP contribution in [-0.4, -0.2) is 24.4 Å². The second-order valence-corrected chi connectivity index (χ2v) is 4.77. The first-order valence-electron chi connectivity index (χ1n) is 6.08. The molecular formula is C13H12F5NO. The summed E-state index contributed by atoms with van der Waals surface area (Å²) in [5, 5.41) is 0. The Bertz CT molecular complexity index is 506. The number of halogens is 5. The second kappa shape index (κ2) is 5.38. The molecule has 2 nitrogen and oxygen atoms in total. The Hall–Kier alpha value is -1.66. The van der Waals surface area contributed by atoms with E-state index in [1.165, 1.54) is 4.90 Å². The molecule has 1 fully saturated rings. The van der Waals surface area contributed by atoms with E-state index in [1.807, 2.05) is 0 Å². The maximum atomic E-state index is 13.5. The molecule has 0 saturated carbocycles. The van der Waals surface area contributed by atoms with E-state index >= 15 is 0 Å². The number of hydrogen-bond acceptors (Lipinski definition) is 1. The molecule has 1 aromatic rings. The molecule has 7 heteroatoms. The van der Waals surface area contributed by atoms with Gasteiger partial charge in [-0.05, 0) is 30.4 Å². The molecule has 2 rings (SSSR count). The fourth-order valence-corrected chi connectivity index (χ4v) is 2.53. The van der Waals surface area contributed by atoms with Crippen molar-refractivity contribution in [3.05, 3.63) is 34.9 Å². The molecule has 110 valence electrons. The van der Waals surface area contributed by atoms with Gasteiger partial charge in [0.15, 0.2) is 0 Å². The summed E-state index contributed by atoms with van der Waals surface area (Å²) in [6, 6.07) is 0.986. The molecular weight excluding hydrogens is 281 g/mol. The molecule has 0 aliphatic carbocycles. The number of carbonyl (C=O) groups excluding carboxylic acids is 1. The highest BCUT2D eigenvalue weighted by Gasteiger charge is 2.39. The van der Waals surface area contributed by atoms with Crippen molar-refractivity contribution >= 4 is 6.41 Å². The van der Waals surface area contributed by atoms with Gasteiger partial charge in [0.05, 0.1) is 5.56 Å². The van der Waals surface area contributed by atoms with E-state index in [9.17, 15) is 26.7 Å². The van der Waals surface area contributed by atoms with E-state index in [1.54, 1.807) is 0 Å². The van der Waals surface area contributed by atoms with Crippen LogP contribution in [0.5, 0.6) is 0 Å². The summed E-state index contributed by atoms with van der Waals surface area (Å²) in [5.41, 5.74) is -1.76. The van der Waals surface area contributed by atoms with Gasteiger partial charge in [-0.3, -0.25) is 4.79 Å². The third kappa shape index (κ3) is 2.91. The standard InChI is InChI=1S/C13H12F5NO/c14-9-5-10(8-1-3-19(7-20)4-2-8)12(11(15)6-9)13(16,17)18/h5-8H,1-4H2. The summed E-state index contributed by atoms with van der Waals surface area (Å²) in [6.07, 6.45) is -3.74. The van der Waals surface area contributed by atoms with E-state index in [2.05, 4.69) is 0 Å². The Morgan fingerprint density at radius 2 is 1.75 bits per heavy atom. The number of carbonyl (C=O) groups is 1. The molecule has 0 aromatic heterocycles. The van der Waals surface area contributed by atoms with E-state index in [0.717, 1.165) is 6.07 Å². The Balaban J connectivity index is 2.38. The van der Waals surface area contributed by atoms with Gasteiger partial charge in [0.2, 0.25) is 6.41 Å². The number of nitrogens with zero attached hydrogens (tertiary/aromatic N) is 1. The molecule has 0 N–H and O–H groups in total. The van der Waals surface area contributed by atoms with Crippen LogP contribution in [0.15, 0.2) is 12.1 Å². The molecule has 1 aliphatic heterocycles. The van der Waals surface area contributed by atoms with Gasteiger partial charge in [0.1, 0.15) is 11.6 Å². The van der Waals surface area contributed by atoms with Gasteiger partial charge < -0.3 is 4.90 Å². The minimum atomic E-state index is -4.87. The van der Waals surface area contributed by atoms with Crippen molar-refractivity contribution in [1.82, 2.24) is 4.90 Å². The van der Waals surface area contributed by atoms with Gasteiger partial charge in [-0.2, -0.15) is 13.2 Å². The van der Waals surface area contributed by atoms with Gasteiger partial charge in [-0.25, -0.2) is 8.78 Å². The summed E-state index contributed by atoms with van der Waals surface area (Å²) in [4.78, 5) is 12.0. The third-order valence-corrected chi connectivity index (χ3v) is 3.49. The van der Waals surface area contributed by atoms with E-state index < -0.39 is 29.3 Å². The summed E-state index contributed by atoms with van der Waals surface area (Å²) in [6.45, 7) is 0.563. The summed E-state index contributed by atoms with van der Waals surface area (Å²) >= 11 is 0. The first-order chi connectivity index (χ1) is 9.32. The summed E-state index contributed by atoms with van der Waals surface area (Å²) < 4.78 is 65.4. The molecule has 1 aliphatic rings. The van der Waals surface area contributed by atoms with Crippen LogP contribution in [0.3, 0.4) is 0 Å². The molecule has 0 unspecified atom stereocenters. The quantitative estimate of drug-likeness (QED) is 0.605. The largest absolute Gasteiger partial charge is 0.419 e. The second-order valence-electron chi connectivity index (χ2n) is 4.77. The van der Waals surface area contributed by atoms with Gasteiger partial charge in [0, 0.05) is 19.2 Å². The van der Waals surface area contributed by atoms with Crippen molar-refractivity contribution in [1.29, 1.82) is 0 Å². The third-order valence-electron chi connectivity index (χ3n) is 3.49. The molecule has 1 heterocycles. The molecule has 1 aromatic carbocycles. The predicted octanol–water partition coefficient (Wildman–Crippen LogP) is 3.32. The Morgan fingerprint density at radius 3 is 2.25 bits per heavy atom. The SMILES string of the molecule is O=CN1CCC(c2cc(F)cc(F)c2C(F)(F)F)CC1. The smallest absolute Gasteiger partial charge is 0.345 e. The summed E-state index contributed by atoms with van der Waals surface area (Å²) in [5.74, 6) is -3.22. The van der Waals surface area contributed by atoms with Crippen molar-refractivity contribution in [3.8, 4) is 0 Å². The maximum Gasteiger partial charge on any atom is 0.419 e. The zero-order valence-electron chi connectivity index (χ0n) is 10.4. The molecule has 20 heavy (non-hydrogen) atoms. The topological polar surface area (TPSA) is 20.3 Å². The van der Waals surface area contributed by atoms with Crippen LogP contribution in [-0.2, 0) is 11.0 Å². The fraction of sp³-hybridized carbons (Fsp3) is 0.462. The lowest BCUT2D eigenvalue weighted by Gasteiger charge is -2.31. The number of amides is 1. The van der Waals surface area contributed by atoms with Crippen LogP contribution >= 0.6 is 0 Å². The Kier molecular flexibility index (Phi) is 3.96.